The first-order valence-electron chi connectivity index (χ1n) is 11.4. The molecule has 1 aliphatic rings. The maximum absolute atomic E-state index is 12.7. The number of nitrogens with zero attached hydrogens (tertiary/aromatic N) is 2. The van der Waals surface area contributed by atoms with Crippen molar-refractivity contribution in [2.75, 3.05) is 32.2 Å². The topological polar surface area (TPSA) is 63.7 Å². The lowest BCUT2D eigenvalue weighted by molar-refractivity contribution is -0.151. The summed E-state index contributed by atoms with van der Waals surface area (Å²) in [5.41, 5.74) is 2.25. The second-order valence-corrected chi connectivity index (χ2v) is 9.15. The van der Waals surface area contributed by atoms with Gasteiger partial charge in [-0.05, 0) is 49.8 Å². The maximum atomic E-state index is 12.7. The van der Waals surface area contributed by atoms with Gasteiger partial charge in [0.25, 0.3) is 0 Å². The Morgan fingerprint density at radius 2 is 2.06 bits per heavy atom. The number of aromatic nitrogens is 1. The summed E-state index contributed by atoms with van der Waals surface area (Å²) < 4.78 is 12.0. The van der Waals surface area contributed by atoms with Gasteiger partial charge >= 0.3 is 5.97 Å². The molecule has 2 aromatic carbocycles. The van der Waals surface area contributed by atoms with E-state index in [9.17, 15) is 4.79 Å². The van der Waals surface area contributed by atoms with Gasteiger partial charge in [-0.3, -0.25) is 9.69 Å². The first-order valence-corrected chi connectivity index (χ1v) is 12.2. The van der Waals surface area contributed by atoms with Crippen LogP contribution in [0.25, 0.3) is 10.2 Å². The number of unbranched alkanes of at least 4 members (excludes halogenated alkanes) is 1. The molecule has 1 aromatic heterocycles. The predicted molar refractivity (Wildman–Crippen MR) is 129 cm³/mol. The number of carbonyl (C=O) groups excluding carboxylic acids is 1. The number of aryl methyl sites for hydroxylation is 1. The number of piperidine rings is 1. The quantitative estimate of drug-likeness (QED) is 0.341. The highest BCUT2D eigenvalue weighted by molar-refractivity contribution is 7.22. The van der Waals surface area contributed by atoms with Gasteiger partial charge in [0.2, 0.25) is 0 Å². The summed E-state index contributed by atoms with van der Waals surface area (Å²) in [7, 11) is 1.66. The lowest BCUT2D eigenvalue weighted by atomic mass is 10.0. The Morgan fingerprint density at radius 1 is 1.19 bits per heavy atom. The number of esters is 1. The second kappa shape index (κ2) is 11.3. The predicted octanol–water partition coefficient (Wildman–Crippen LogP) is 5.09. The zero-order valence-corrected chi connectivity index (χ0v) is 19.4. The minimum Gasteiger partial charge on any atom is -0.497 e. The fourth-order valence-electron chi connectivity index (χ4n) is 4.07. The van der Waals surface area contributed by atoms with Gasteiger partial charge in [-0.15, -0.1) is 0 Å². The number of anilines is 1. The van der Waals surface area contributed by atoms with E-state index in [1.807, 2.05) is 24.3 Å². The van der Waals surface area contributed by atoms with Gasteiger partial charge in [0, 0.05) is 12.6 Å². The summed E-state index contributed by atoms with van der Waals surface area (Å²) >= 11 is 1.61. The Labute approximate surface area is 193 Å². The van der Waals surface area contributed by atoms with E-state index in [4.69, 9.17) is 9.47 Å². The standard InChI is InChI=1S/C25H31N3O3S/c1-30-20-13-14-23-21(17-20)27-25(32-23)26-18-28-15-7-5-12-22(28)24(29)31-16-8-6-11-19-9-3-2-4-10-19/h2-4,9-10,13-14,17,22H,5-8,11-12,15-16,18H2,1H3,(H,26,27)/t22-/m0/s1. The number of hydrogen-bond donors (Lipinski definition) is 1. The van der Waals surface area contributed by atoms with Crippen molar-refractivity contribution in [1.29, 1.82) is 0 Å². The number of thiazole rings is 1. The molecule has 0 radical (unpaired) electrons. The Kier molecular flexibility index (Phi) is 7.96. The molecule has 0 amide bonds. The van der Waals surface area contributed by atoms with E-state index in [2.05, 4.69) is 39.5 Å². The van der Waals surface area contributed by atoms with Crippen LogP contribution in [-0.4, -0.2) is 48.8 Å². The first-order chi connectivity index (χ1) is 15.7. The Bertz CT molecular complexity index is 1010. The van der Waals surface area contributed by atoms with Gasteiger partial charge in [0.15, 0.2) is 5.13 Å². The van der Waals surface area contributed by atoms with Crippen LogP contribution in [0, 0.1) is 0 Å². The summed E-state index contributed by atoms with van der Waals surface area (Å²) in [4.78, 5) is 19.6. The Morgan fingerprint density at radius 3 is 2.91 bits per heavy atom. The van der Waals surface area contributed by atoms with Gasteiger partial charge in [-0.1, -0.05) is 48.1 Å². The molecule has 2 heterocycles. The highest BCUT2D eigenvalue weighted by Crippen LogP contribution is 2.29. The van der Waals surface area contributed by atoms with Crippen LogP contribution in [0.15, 0.2) is 48.5 Å². The monoisotopic (exact) mass is 453 g/mol. The van der Waals surface area contributed by atoms with Crippen molar-refractivity contribution in [1.82, 2.24) is 9.88 Å². The summed E-state index contributed by atoms with van der Waals surface area (Å²) in [5, 5.41) is 4.26. The van der Waals surface area contributed by atoms with Crippen molar-refractivity contribution < 1.29 is 14.3 Å². The Hall–Kier alpha value is -2.64. The van der Waals surface area contributed by atoms with Crippen molar-refractivity contribution in [3.05, 3.63) is 54.1 Å². The number of methoxy groups -OCH3 is 1. The summed E-state index contributed by atoms with van der Waals surface area (Å²) in [6, 6.07) is 16.2. The molecule has 6 nitrogen and oxygen atoms in total. The summed E-state index contributed by atoms with van der Waals surface area (Å²) in [6.45, 7) is 1.97. The molecule has 1 saturated heterocycles. The average Bonchev–Trinajstić information content (AvgIpc) is 3.25. The van der Waals surface area contributed by atoms with Gasteiger partial charge in [-0.2, -0.15) is 0 Å². The van der Waals surface area contributed by atoms with E-state index < -0.39 is 0 Å². The van der Waals surface area contributed by atoms with Crippen LogP contribution in [0.5, 0.6) is 5.75 Å². The van der Waals surface area contributed by atoms with E-state index in [1.165, 1.54) is 5.56 Å². The minimum atomic E-state index is -0.181. The number of benzene rings is 2. The molecule has 0 bridgehead atoms. The van der Waals surface area contributed by atoms with E-state index in [-0.39, 0.29) is 12.0 Å². The van der Waals surface area contributed by atoms with Crippen LogP contribution in [-0.2, 0) is 16.0 Å². The van der Waals surface area contributed by atoms with Crippen LogP contribution < -0.4 is 10.1 Å². The van der Waals surface area contributed by atoms with Crippen LogP contribution in [0.2, 0.25) is 0 Å². The molecule has 1 aliphatic heterocycles. The largest absolute Gasteiger partial charge is 0.497 e. The smallest absolute Gasteiger partial charge is 0.323 e. The molecule has 0 spiro atoms. The van der Waals surface area contributed by atoms with Crippen molar-refractivity contribution in [2.24, 2.45) is 0 Å². The molecule has 0 aliphatic carbocycles. The highest BCUT2D eigenvalue weighted by atomic mass is 32.1. The van der Waals surface area contributed by atoms with Crippen LogP contribution in [0.4, 0.5) is 5.13 Å². The highest BCUT2D eigenvalue weighted by Gasteiger charge is 2.29. The molecule has 4 rings (SSSR count). The fourth-order valence-corrected chi connectivity index (χ4v) is 4.91. The lowest BCUT2D eigenvalue weighted by Gasteiger charge is -2.33. The minimum absolute atomic E-state index is 0.0970. The van der Waals surface area contributed by atoms with Crippen molar-refractivity contribution in [3.63, 3.8) is 0 Å². The number of carbonyl (C=O) groups is 1. The van der Waals surface area contributed by atoms with Crippen LogP contribution in [0.1, 0.15) is 37.7 Å². The number of nitrogens with one attached hydrogen (secondary N) is 1. The molecule has 3 aromatic rings. The molecule has 1 N–H and O–H groups in total. The molecule has 32 heavy (non-hydrogen) atoms. The van der Waals surface area contributed by atoms with Crippen molar-refractivity contribution >= 4 is 32.7 Å². The SMILES string of the molecule is COc1ccc2sc(NCN3CCCC[C@H]3C(=O)OCCCCc3ccccc3)nc2c1. The third-order valence-corrected chi connectivity index (χ3v) is 6.85. The summed E-state index contributed by atoms with van der Waals surface area (Å²) in [5.74, 6) is 0.706. The van der Waals surface area contributed by atoms with Crippen LogP contribution >= 0.6 is 11.3 Å². The van der Waals surface area contributed by atoms with Gasteiger partial charge in [0.1, 0.15) is 11.8 Å². The number of ether oxygens (including phenoxy) is 2. The van der Waals surface area contributed by atoms with E-state index in [0.29, 0.717) is 13.3 Å². The number of likely N-dealkylation sites (tertiary alicyclic amines) is 1. The molecule has 1 atom stereocenters. The third-order valence-electron chi connectivity index (χ3n) is 5.86. The molecular formula is C25H31N3O3S. The molecule has 0 unspecified atom stereocenters. The molecule has 1 fully saturated rings. The average molecular weight is 454 g/mol. The summed E-state index contributed by atoms with van der Waals surface area (Å²) in [6.07, 6.45) is 5.94. The zero-order valence-electron chi connectivity index (χ0n) is 18.6. The molecule has 170 valence electrons. The molecular weight excluding hydrogens is 422 g/mol. The second-order valence-electron chi connectivity index (χ2n) is 8.12. The van der Waals surface area contributed by atoms with Gasteiger partial charge in [-0.25, -0.2) is 4.98 Å². The Balaban J connectivity index is 1.24. The van der Waals surface area contributed by atoms with Gasteiger partial charge < -0.3 is 14.8 Å². The van der Waals surface area contributed by atoms with E-state index >= 15 is 0 Å². The van der Waals surface area contributed by atoms with Gasteiger partial charge in [0.05, 0.1) is 30.6 Å². The zero-order chi connectivity index (χ0) is 22.2. The van der Waals surface area contributed by atoms with E-state index in [0.717, 1.165) is 66.2 Å². The van der Waals surface area contributed by atoms with E-state index in [1.54, 1.807) is 18.4 Å². The lowest BCUT2D eigenvalue weighted by Crippen LogP contribution is -2.47. The first kappa shape index (κ1) is 22.6. The normalized spacial score (nSPS) is 16.7. The van der Waals surface area contributed by atoms with Crippen LogP contribution in [0.3, 0.4) is 0 Å². The number of hydrogen-bond acceptors (Lipinski definition) is 7. The number of rotatable bonds is 10. The maximum Gasteiger partial charge on any atom is 0.323 e. The third kappa shape index (κ3) is 5.99. The fraction of sp³-hybridized carbons (Fsp3) is 0.440. The number of fused-ring (bicyclic) bond motifs is 1. The molecule has 0 saturated carbocycles. The molecule has 7 heteroatoms. The van der Waals surface area contributed by atoms with Crippen molar-refractivity contribution in [2.45, 2.75) is 44.6 Å². The van der Waals surface area contributed by atoms with Crippen molar-refractivity contribution in [3.8, 4) is 5.75 Å².